The molecule has 9 nitrogen and oxygen atoms in total. The second-order valence-electron chi connectivity index (χ2n) is 4.51. The Bertz CT molecular complexity index is 517. The van der Waals surface area contributed by atoms with Crippen molar-refractivity contribution in [2.45, 2.75) is 24.4 Å². The van der Waals surface area contributed by atoms with Crippen LogP contribution in [0.1, 0.15) is 10.4 Å². The van der Waals surface area contributed by atoms with Crippen molar-refractivity contribution in [1.29, 1.82) is 0 Å². The molecule has 0 aliphatic rings. The van der Waals surface area contributed by atoms with Crippen LogP contribution in [0.4, 0.5) is 5.69 Å². The summed E-state index contributed by atoms with van der Waals surface area (Å²) in [5.41, 5.74) is 5.80. The summed E-state index contributed by atoms with van der Waals surface area (Å²) >= 11 is 0. The summed E-state index contributed by atoms with van der Waals surface area (Å²) in [4.78, 5) is 23.1. The van der Waals surface area contributed by atoms with Crippen LogP contribution in [0.2, 0.25) is 0 Å². The molecule has 0 aliphatic heterocycles. The molecule has 1 rings (SSSR count). The predicted octanol–water partition coefficient (Wildman–Crippen LogP) is -2.61. The minimum atomic E-state index is -2.28. The minimum Gasteiger partial charge on any atom is -0.399 e. The number of nitrogen functional groups attached to an aromatic ring is 1. The maximum atomic E-state index is 11.6. The largest absolute Gasteiger partial charge is 0.399 e. The Morgan fingerprint density at radius 2 is 1.59 bits per heavy atom. The van der Waals surface area contributed by atoms with E-state index in [0.29, 0.717) is 5.69 Å². The van der Waals surface area contributed by atoms with E-state index in [9.17, 15) is 24.9 Å². The van der Waals surface area contributed by atoms with Crippen molar-refractivity contribution < 1.29 is 39.9 Å². The highest BCUT2D eigenvalue weighted by molar-refractivity contribution is 5.98. The first-order chi connectivity index (χ1) is 10.3. The van der Waals surface area contributed by atoms with E-state index in [1.807, 2.05) is 0 Å². The molecule has 0 bridgehead atoms. The lowest BCUT2D eigenvalue weighted by Crippen LogP contribution is -2.49. The topological polar surface area (TPSA) is 171 Å². The number of ether oxygens (including phenoxy) is 1. The Morgan fingerprint density at radius 3 is 2.09 bits per heavy atom. The number of nitrogens with two attached hydrogens (primary N) is 1. The SMILES string of the molecule is Nc1ccc(C(=O)OC(=O)[C@H](O)[C@@H](O)[C@H](O)[C@H](O)CO)cc1. The summed E-state index contributed by atoms with van der Waals surface area (Å²) in [6.45, 7) is -0.898. The van der Waals surface area contributed by atoms with Crippen LogP contribution in [0, 0.1) is 0 Å². The number of rotatable bonds is 6. The molecule has 0 heterocycles. The van der Waals surface area contributed by atoms with Crippen LogP contribution in [0.25, 0.3) is 0 Å². The number of carbonyl (C=O) groups is 2. The van der Waals surface area contributed by atoms with Gasteiger partial charge in [0.05, 0.1) is 12.2 Å². The lowest BCUT2D eigenvalue weighted by molar-refractivity contribution is -0.164. The van der Waals surface area contributed by atoms with E-state index >= 15 is 0 Å². The molecule has 0 aromatic heterocycles. The van der Waals surface area contributed by atoms with E-state index < -0.39 is 43.0 Å². The van der Waals surface area contributed by atoms with Crippen molar-refractivity contribution >= 4 is 17.6 Å². The zero-order valence-electron chi connectivity index (χ0n) is 11.4. The van der Waals surface area contributed by atoms with Gasteiger partial charge in [-0.15, -0.1) is 0 Å². The number of anilines is 1. The predicted molar refractivity (Wildman–Crippen MR) is 72.4 cm³/mol. The van der Waals surface area contributed by atoms with Gasteiger partial charge in [0, 0.05) is 5.69 Å². The Labute approximate surface area is 125 Å². The van der Waals surface area contributed by atoms with Gasteiger partial charge in [0.2, 0.25) is 0 Å². The zero-order chi connectivity index (χ0) is 16.9. The van der Waals surface area contributed by atoms with E-state index in [-0.39, 0.29) is 5.56 Å². The lowest BCUT2D eigenvalue weighted by atomic mass is 10.0. The van der Waals surface area contributed by atoms with E-state index in [0.717, 1.165) is 0 Å². The first-order valence-corrected chi connectivity index (χ1v) is 6.22. The Morgan fingerprint density at radius 1 is 1.05 bits per heavy atom. The summed E-state index contributed by atoms with van der Waals surface area (Å²) in [6.07, 6.45) is -8.20. The van der Waals surface area contributed by atoms with Gasteiger partial charge in [0.25, 0.3) is 0 Å². The quantitative estimate of drug-likeness (QED) is 0.187. The van der Waals surface area contributed by atoms with Crippen LogP contribution in [0.3, 0.4) is 0 Å². The average Bonchev–Trinajstić information content (AvgIpc) is 2.52. The maximum absolute atomic E-state index is 11.6. The monoisotopic (exact) mass is 315 g/mol. The van der Waals surface area contributed by atoms with Crippen molar-refractivity contribution in [2.75, 3.05) is 12.3 Å². The van der Waals surface area contributed by atoms with Gasteiger partial charge in [0.15, 0.2) is 6.10 Å². The number of esters is 2. The third-order valence-corrected chi connectivity index (χ3v) is 2.84. The zero-order valence-corrected chi connectivity index (χ0v) is 11.4. The van der Waals surface area contributed by atoms with Gasteiger partial charge < -0.3 is 36.0 Å². The van der Waals surface area contributed by atoms with E-state index in [1.165, 1.54) is 24.3 Å². The number of aliphatic hydroxyl groups excluding tert-OH is 5. The van der Waals surface area contributed by atoms with Gasteiger partial charge in [0.1, 0.15) is 18.3 Å². The Kier molecular flexibility index (Phi) is 6.40. The van der Waals surface area contributed by atoms with Gasteiger partial charge in [-0.05, 0) is 24.3 Å². The first-order valence-electron chi connectivity index (χ1n) is 6.22. The maximum Gasteiger partial charge on any atom is 0.345 e. The number of hydrogen-bond donors (Lipinski definition) is 6. The van der Waals surface area contributed by atoms with Crippen molar-refractivity contribution in [3.8, 4) is 0 Å². The molecule has 0 radical (unpaired) electrons. The summed E-state index contributed by atoms with van der Waals surface area (Å²) in [5.74, 6) is -2.60. The van der Waals surface area contributed by atoms with E-state index in [4.69, 9.17) is 15.9 Å². The summed E-state index contributed by atoms with van der Waals surface area (Å²) in [7, 11) is 0. The molecule has 9 heteroatoms. The van der Waals surface area contributed by atoms with Crippen molar-refractivity contribution in [3.63, 3.8) is 0 Å². The number of aliphatic hydroxyl groups is 5. The minimum absolute atomic E-state index is 0.0137. The van der Waals surface area contributed by atoms with Crippen LogP contribution in [-0.4, -0.2) is 68.5 Å². The Hall–Kier alpha value is -2.04. The second kappa shape index (κ2) is 7.82. The summed E-state index contributed by atoms with van der Waals surface area (Å²) in [5, 5.41) is 46.0. The van der Waals surface area contributed by atoms with Gasteiger partial charge >= 0.3 is 11.9 Å². The number of carbonyl (C=O) groups excluding carboxylic acids is 2. The van der Waals surface area contributed by atoms with Gasteiger partial charge in [-0.3, -0.25) is 0 Å². The molecule has 22 heavy (non-hydrogen) atoms. The van der Waals surface area contributed by atoms with Gasteiger partial charge in [-0.1, -0.05) is 0 Å². The molecule has 0 spiro atoms. The molecule has 1 aromatic carbocycles. The molecule has 0 aliphatic carbocycles. The second-order valence-corrected chi connectivity index (χ2v) is 4.51. The van der Waals surface area contributed by atoms with E-state index in [2.05, 4.69) is 4.74 Å². The lowest BCUT2D eigenvalue weighted by Gasteiger charge is -2.24. The van der Waals surface area contributed by atoms with Crippen molar-refractivity contribution in [3.05, 3.63) is 29.8 Å². The fourth-order valence-corrected chi connectivity index (χ4v) is 1.49. The molecule has 122 valence electrons. The molecule has 4 atom stereocenters. The fourth-order valence-electron chi connectivity index (χ4n) is 1.49. The van der Waals surface area contributed by atoms with Crippen LogP contribution in [0.5, 0.6) is 0 Å². The molecule has 0 saturated heterocycles. The molecule has 7 N–H and O–H groups in total. The normalized spacial score (nSPS) is 16.4. The smallest absolute Gasteiger partial charge is 0.345 e. The summed E-state index contributed by atoms with van der Waals surface area (Å²) < 4.78 is 4.34. The first kappa shape index (κ1) is 18.0. The molecular formula is C13H17NO8. The molecular weight excluding hydrogens is 298 g/mol. The van der Waals surface area contributed by atoms with Crippen molar-refractivity contribution in [2.24, 2.45) is 0 Å². The molecule has 0 saturated carbocycles. The highest BCUT2D eigenvalue weighted by atomic mass is 16.6. The van der Waals surface area contributed by atoms with Gasteiger partial charge in [-0.2, -0.15) is 0 Å². The highest BCUT2D eigenvalue weighted by Crippen LogP contribution is 2.10. The molecule has 0 unspecified atom stereocenters. The fraction of sp³-hybridized carbons (Fsp3) is 0.385. The molecule has 0 fully saturated rings. The standard InChI is InChI=1S/C13H17NO8/c14-7-3-1-6(2-4-7)12(20)22-13(21)11(19)10(18)9(17)8(16)5-15/h1-4,8-11,15-19H,5,14H2/t8-,9-,10+,11-/m1/s1. The van der Waals surface area contributed by atoms with Crippen LogP contribution in [0.15, 0.2) is 24.3 Å². The third-order valence-electron chi connectivity index (χ3n) is 2.84. The van der Waals surface area contributed by atoms with E-state index in [1.54, 1.807) is 0 Å². The van der Waals surface area contributed by atoms with Gasteiger partial charge in [-0.25, -0.2) is 9.59 Å². The average molecular weight is 315 g/mol. The summed E-state index contributed by atoms with van der Waals surface area (Å²) in [6, 6.07) is 5.37. The highest BCUT2D eigenvalue weighted by Gasteiger charge is 2.36. The van der Waals surface area contributed by atoms with Crippen LogP contribution in [-0.2, 0) is 9.53 Å². The van der Waals surface area contributed by atoms with Crippen LogP contribution < -0.4 is 5.73 Å². The number of benzene rings is 1. The molecule has 0 amide bonds. The van der Waals surface area contributed by atoms with Crippen LogP contribution >= 0.6 is 0 Å². The molecule has 1 aromatic rings. The number of hydrogen-bond acceptors (Lipinski definition) is 9. The Balaban J connectivity index is 2.67. The third kappa shape index (κ3) is 4.48. The van der Waals surface area contributed by atoms with Crippen molar-refractivity contribution in [1.82, 2.24) is 0 Å².